The van der Waals surface area contributed by atoms with Crippen LogP contribution >= 0.6 is 0 Å². The smallest absolute Gasteiger partial charge is 0.0702 e. The summed E-state index contributed by atoms with van der Waals surface area (Å²) in [5, 5.41) is 10.3. The highest BCUT2D eigenvalue weighted by Gasteiger charge is 2.52. The number of fused-ring (bicyclic) bond motifs is 2. The van der Waals surface area contributed by atoms with E-state index in [1.807, 2.05) is 0 Å². The number of aliphatic hydroxyl groups excluding tert-OH is 1. The molecule has 1 N–H and O–H groups in total. The van der Waals surface area contributed by atoms with Gasteiger partial charge in [0.05, 0.1) is 6.10 Å². The van der Waals surface area contributed by atoms with Crippen LogP contribution in [0.3, 0.4) is 0 Å². The summed E-state index contributed by atoms with van der Waals surface area (Å²) in [6.45, 7) is 2.15. The van der Waals surface area contributed by atoms with Crippen molar-refractivity contribution < 1.29 is 5.11 Å². The van der Waals surface area contributed by atoms with Gasteiger partial charge >= 0.3 is 0 Å². The molecule has 0 radical (unpaired) electrons. The molecule has 0 bridgehead atoms. The normalized spacial score (nSPS) is 32.7. The van der Waals surface area contributed by atoms with Gasteiger partial charge in [0.25, 0.3) is 0 Å². The average molecular weight is 188 g/mol. The average Bonchev–Trinajstić information content (AvgIpc) is 2.37. The fraction of sp³-hybridized carbons (Fsp3) is 0.538. The SMILES string of the molecule is CC1c2ccccc2C2(CCC2)C1O. The third-order valence-corrected chi connectivity index (χ3v) is 4.27. The summed E-state index contributed by atoms with van der Waals surface area (Å²) in [6, 6.07) is 8.57. The largest absolute Gasteiger partial charge is 0.392 e. The molecule has 1 nitrogen and oxygen atoms in total. The second kappa shape index (κ2) is 2.60. The van der Waals surface area contributed by atoms with Crippen LogP contribution < -0.4 is 0 Å². The van der Waals surface area contributed by atoms with Gasteiger partial charge in [-0.05, 0) is 24.0 Å². The predicted molar refractivity (Wildman–Crippen MR) is 56.4 cm³/mol. The van der Waals surface area contributed by atoms with Crippen LogP contribution in [0.1, 0.15) is 43.2 Å². The highest BCUT2D eigenvalue weighted by atomic mass is 16.3. The molecule has 1 spiro atoms. The van der Waals surface area contributed by atoms with Crippen LogP contribution in [0.25, 0.3) is 0 Å². The Morgan fingerprint density at radius 1 is 1.29 bits per heavy atom. The molecule has 1 saturated carbocycles. The molecule has 0 amide bonds. The molecule has 2 aliphatic rings. The van der Waals surface area contributed by atoms with Gasteiger partial charge in [0, 0.05) is 11.3 Å². The van der Waals surface area contributed by atoms with E-state index < -0.39 is 0 Å². The van der Waals surface area contributed by atoms with Gasteiger partial charge in [-0.25, -0.2) is 0 Å². The molecule has 0 heterocycles. The lowest BCUT2D eigenvalue weighted by atomic mass is 9.63. The van der Waals surface area contributed by atoms with Gasteiger partial charge in [-0.1, -0.05) is 37.6 Å². The molecule has 2 atom stereocenters. The molecule has 2 aliphatic carbocycles. The van der Waals surface area contributed by atoms with Crippen molar-refractivity contribution in [1.29, 1.82) is 0 Å². The zero-order chi connectivity index (χ0) is 9.76. The van der Waals surface area contributed by atoms with Crippen molar-refractivity contribution in [3.63, 3.8) is 0 Å². The number of rotatable bonds is 0. The highest BCUT2D eigenvalue weighted by Crippen LogP contribution is 2.56. The van der Waals surface area contributed by atoms with E-state index in [0.29, 0.717) is 5.92 Å². The van der Waals surface area contributed by atoms with E-state index in [0.717, 1.165) is 0 Å². The lowest BCUT2D eigenvalue weighted by Crippen LogP contribution is -2.43. The Bertz CT molecular complexity index is 365. The van der Waals surface area contributed by atoms with Gasteiger partial charge in [-0.15, -0.1) is 0 Å². The standard InChI is InChI=1S/C13H16O/c1-9-10-5-2-3-6-11(10)13(12(9)14)7-4-8-13/h2-3,5-6,9,12,14H,4,7-8H2,1H3. The van der Waals surface area contributed by atoms with Gasteiger partial charge in [-0.3, -0.25) is 0 Å². The molecule has 74 valence electrons. The fourth-order valence-corrected chi connectivity index (χ4v) is 3.28. The van der Waals surface area contributed by atoms with Crippen molar-refractivity contribution in [2.24, 2.45) is 0 Å². The minimum absolute atomic E-state index is 0.135. The van der Waals surface area contributed by atoms with E-state index in [4.69, 9.17) is 0 Å². The summed E-state index contributed by atoms with van der Waals surface area (Å²) in [5.41, 5.74) is 2.93. The third-order valence-electron chi connectivity index (χ3n) is 4.27. The molecule has 1 aromatic carbocycles. The highest BCUT2D eigenvalue weighted by molar-refractivity contribution is 5.46. The molecular formula is C13H16O. The number of benzene rings is 1. The Hall–Kier alpha value is -0.820. The van der Waals surface area contributed by atoms with Crippen LogP contribution in [0.5, 0.6) is 0 Å². The van der Waals surface area contributed by atoms with E-state index in [9.17, 15) is 5.11 Å². The Morgan fingerprint density at radius 2 is 2.00 bits per heavy atom. The fourth-order valence-electron chi connectivity index (χ4n) is 3.28. The molecule has 0 aliphatic heterocycles. The van der Waals surface area contributed by atoms with E-state index in [1.54, 1.807) is 0 Å². The Kier molecular flexibility index (Phi) is 1.58. The summed E-state index contributed by atoms with van der Waals surface area (Å²) in [4.78, 5) is 0. The lowest BCUT2D eigenvalue weighted by Gasteiger charge is -2.42. The van der Waals surface area contributed by atoms with Crippen LogP contribution in [0.4, 0.5) is 0 Å². The van der Waals surface area contributed by atoms with Crippen molar-refractivity contribution in [1.82, 2.24) is 0 Å². The summed E-state index contributed by atoms with van der Waals surface area (Å²) in [5.74, 6) is 0.325. The molecule has 2 unspecified atom stereocenters. The minimum Gasteiger partial charge on any atom is -0.392 e. The number of hydrogen-bond acceptors (Lipinski definition) is 1. The Labute approximate surface area is 84.8 Å². The lowest BCUT2D eigenvalue weighted by molar-refractivity contribution is 0.0294. The van der Waals surface area contributed by atoms with Crippen LogP contribution in [0.15, 0.2) is 24.3 Å². The van der Waals surface area contributed by atoms with Gasteiger partial charge < -0.3 is 5.11 Å². The summed E-state index contributed by atoms with van der Waals surface area (Å²) in [7, 11) is 0. The third kappa shape index (κ3) is 0.795. The van der Waals surface area contributed by atoms with Crippen LogP contribution in [-0.2, 0) is 5.41 Å². The molecule has 0 aromatic heterocycles. The first kappa shape index (κ1) is 8.49. The van der Waals surface area contributed by atoms with Gasteiger partial charge in [-0.2, -0.15) is 0 Å². The maximum Gasteiger partial charge on any atom is 0.0702 e. The molecule has 14 heavy (non-hydrogen) atoms. The summed E-state index contributed by atoms with van der Waals surface area (Å²) < 4.78 is 0. The molecule has 1 heteroatoms. The number of aliphatic hydroxyl groups is 1. The van der Waals surface area contributed by atoms with Crippen molar-refractivity contribution >= 4 is 0 Å². The van der Waals surface area contributed by atoms with Gasteiger partial charge in [0.15, 0.2) is 0 Å². The van der Waals surface area contributed by atoms with E-state index in [1.165, 1.54) is 30.4 Å². The van der Waals surface area contributed by atoms with Gasteiger partial charge in [0.1, 0.15) is 0 Å². The van der Waals surface area contributed by atoms with E-state index in [-0.39, 0.29) is 11.5 Å². The maximum absolute atomic E-state index is 10.3. The number of hydrogen-bond donors (Lipinski definition) is 1. The zero-order valence-corrected chi connectivity index (χ0v) is 8.53. The Balaban J connectivity index is 2.18. The van der Waals surface area contributed by atoms with Crippen LogP contribution in [-0.4, -0.2) is 11.2 Å². The summed E-state index contributed by atoms with van der Waals surface area (Å²) >= 11 is 0. The monoisotopic (exact) mass is 188 g/mol. The molecule has 0 saturated heterocycles. The van der Waals surface area contributed by atoms with Crippen molar-refractivity contribution in [2.45, 2.75) is 43.6 Å². The van der Waals surface area contributed by atoms with Crippen molar-refractivity contribution in [3.05, 3.63) is 35.4 Å². The van der Waals surface area contributed by atoms with Gasteiger partial charge in [0.2, 0.25) is 0 Å². The molecular weight excluding hydrogens is 172 g/mol. The molecule has 1 fully saturated rings. The first-order chi connectivity index (χ1) is 6.76. The van der Waals surface area contributed by atoms with E-state index in [2.05, 4.69) is 31.2 Å². The maximum atomic E-state index is 10.3. The minimum atomic E-state index is -0.145. The second-order valence-corrected chi connectivity index (χ2v) is 4.83. The first-order valence-corrected chi connectivity index (χ1v) is 5.53. The first-order valence-electron chi connectivity index (χ1n) is 5.53. The Morgan fingerprint density at radius 3 is 2.64 bits per heavy atom. The zero-order valence-electron chi connectivity index (χ0n) is 8.53. The van der Waals surface area contributed by atoms with E-state index >= 15 is 0 Å². The van der Waals surface area contributed by atoms with Crippen LogP contribution in [0.2, 0.25) is 0 Å². The summed E-state index contributed by atoms with van der Waals surface area (Å²) in [6.07, 6.45) is 3.48. The topological polar surface area (TPSA) is 20.2 Å². The quantitative estimate of drug-likeness (QED) is 0.663. The second-order valence-electron chi connectivity index (χ2n) is 4.83. The molecule has 3 rings (SSSR count). The molecule has 1 aromatic rings. The van der Waals surface area contributed by atoms with Crippen molar-refractivity contribution in [3.8, 4) is 0 Å². The predicted octanol–water partition coefficient (Wildman–Crippen LogP) is 2.59. The van der Waals surface area contributed by atoms with Crippen molar-refractivity contribution in [2.75, 3.05) is 0 Å². The van der Waals surface area contributed by atoms with Crippen LogP contribution in [0, 0.1) is 0 Å².